The zero-order valence-electron chi connectivity index (χ0n) is 14.7. The molecule has 1 aromatic carbocycles. The van der Waals surface area contributed by atoms with Crippen molar-refractivity contribution in [2.75, 3.05) is 26.7 Å². The SMILES string of the molecule is CN=C(NCCc1ccc2c(c1)CCO2)NCC(C)c1cccs1.I. The van der Waals surface area contributed by atoms with Crippen LogP contribution >= 0.6 is 35.3 Å². The van der Waals surface area contributed by atoms with Gasteiger partial charge in [0, 0.05) is 37.4 Å². The second-order valence-corrected chi connectivity index (χ2v) is 7.07. The number of hydrogen-bond acceptors (Lipinski definition) is 3. The molecule has 2 aromatic rings. The number of hydrogen-bond donors (Lipinski definition) is 2. The number of halogens is 1. The molecule has 0 amide bonds. The first-order valence-corrected chi connectivity index (χ1v) is 9.36. The summed E-state index contributed by atoms with van der Waals surface area (Å²) in [6, 6.07) is 10.8. The summed E-state index contributed by atoms with van der Waals surface area (Å²) in [5.41, 5.74) is 2.67. The molecule has 136 valence electrons. The first kappa shape index (κ1) is 20.0. The molecule has 1 aliphatic heterocycles. The highest BCUT2D eigenvalue weighted by Gasteiger charge is 2.12. The normalized spacial score (nSPS) is 14.2. The third-order valence-electron chi connectivity index (χ3n) is 4.29. The molecule has 1 aliphatic rings. The molecule has 25 heavy (non-hydrogen) atoms. The molecule has 0 bridgehead atoms. The predicted octanol–water partition coefficient (Wildman–Crippen LogP) is 3.81. The van der Waals surface area contributed by atoms with Crippen LogP contribution in [-0.2, 0) is 12.8 Å². The van der Waals surface area contributed by atoms with Crippen LogP contribution in [0.4, 0.5) is 0 Å². The van der Waals surface area contributed by atoms with Gasteiger partial charge in [-0.05, 0) is 35.1 Å². The molecular formula is C19H26IN3OS. The number of guanidine groups is 1. The van der Waals surface area contributed by atoms with Gasteiger partial charge in [-0.25, -0.2) is 0 Å². The Morgan fingerprint density at radius 1 is 1.32 bits per heavy atom. The quantitative estimate of drug-likeness (QED) is 0.383. The summed E-state index contributed by atoms with van der Waals surface area (Å²) in [5.74, 6) is 2.40. The Labute approximate surface area is 171 Å². The van der Waals surface area contributed by atoms with Gasteiger partial charge < -0.3 is 15.4 Å². The van der Waals surface area contributed by atoms with Gasteiger partial charge in [0.2, 0.25) is 0 Å². The summed E-state index contributed by atoms with van der Waals surface area (Å²) in [4.78, 5) is 5.71. The molecule has 1 atom stereocenters. The number of rotatable bonds is 6. The Morgan fingerprint density at radius 2 is 2.20 bits per heavy atom. The largest absolute Gasteiger partial charge is 0.493 e. The van der Waals surface area contributed by atoms with Gasteiger partial charge in [0.1, 0.15) is 5.75 Å². The molecule has 0 aliphatic carbocycles. The molecule has 1 aromatic heterocycles. The van der Waals surface area contributed by atoms with E-state index in [0.717, 1.165) is 44.2 Å². The van der Waals surface area contributed by atoms with Crippen molar-refractivity contribution >= 4 is 41.3 Å². The van der Waals surface area contributed by atoms with Crippen LogP contribution in [0.3, 0.4) is 0 Å². The Bertz CT molecular complexity index is 688. The van der Waals surface area contributed by atoms with E-state index >= 15 is 0 Å². The Hall–Kier alpha value is -1.28. The van der Waals surface area contributed by atoms with Crippen LogP contribution in [0.25, 0.3) is 0 Å². The molecule has 0 fully saturated rings. The number of nitrogens with one attached hydrogen (secondary N) is 2. The molecule has 0 saturated heterocycles. The number of aliphatic imine (C=N–C) groups is 1. The topological polar surface area (TPSA) is 45.7 Å². The van der Waals surface area contributed by atoms with Crippen molar-refractivity contribution in [3.8, 4) is 5.75 Å². The second-order valence-electron chi connectivity index (χ2n) is 6.09. The van der Waals surface area contributed by atoms with E-state index in [-0.39, 0.29) is 24.0 Å². The van der Waals surface area contributed by atoms with Gasteiger partial charge >= 0.3 is 0 Å². The highest BCUT2D eigenvalue weighted by molar-refractivity contribution is 14.0. The number of nitrogens with zero attached hydrogens (tertiary/aromatic N) is 1. The van der Waals surface area contributed by atoms with E-state index < -0.39 is 0 Å². The summed E-state index contributed by atoms with van der Waals surface area (Å²) in [6.45, 7) is 4.80. The maximum absolute atomic E-state index is 5.55. The maximum atomic E-state index is 5.55. The van der Waals surface area contributed by atoms with Crippen LogP contribution in [0.15, 0.2) is 40.7 Å². The van der Waals surface area contributed by atoms with Crippen LogP contribution in [0.2, 0.25) is 0 Å². The smallest absolute Gasteiger partial charge is 0.191 e. The third kappa shape index (κ3) is 5.60. The van der Waals surface area contributed by atoms with Crippen LogP contribution in [0.5, 0.6) is 5.75 Å². The summed E-state index contributed by atoms with van der Waals surface area (Å²) >= 11 is 1.80. The molecule has 4 nitrogen and oxygen atoms in total. The van der Waals surface area contributed by atoms with Crippen LogP contribution in [-0.4, -0.2) is 32.7 Å². The van der Waals surface area contributed by atoms with Crippen molar-refractivity contribution in [1.82, 2.24) is 10.6 Å². The molecule has 0 radical (unpaired) electrons. The zero-order valence-corrected chi connectivity index (χ0v) is 17.9. The van der Waals surface area contributed by atoms with E-state index in [4.69, 9.17) is 4.74 Å². The first-order valence-electron chi connectivity index (χ1n) is 8.49. The van der Waals surface area contributed by atoms with Crippen molar-refractivity contribution in [3.05, 3.63) is 51.7 Å². The number of fused-ring (bicyclic) bond motifs is 1. The predicted molar refractivity (Wildman–Crippen MR) is 117 cm³/mol. The lowest BCUT2D eigenvalue weighted by Crippen LogP contribution is -2.39. The minimum absolute atomic E-state index is 0. The highest BCUT2D eigenvalue weighted by atomic mass is 127. The standard InChI is InChI=1S/C19H25N3OS.HI/c1-14(18-4-3-11-24-18)13-22-19(20-2)21-9-7-15-5-6-17-16(12-15)8-10-23-17;/h3-6,11-12,14H,7-10,13H2,1-2H3,(H2,20,21,22);1H. The summed E-state index contributed by atoms with van der Waals surface area (Å²) in [7, 11) is 1.82. The van der Waals surface area contributed by atoms with Gasteiger partial charge in [-0.2, -0.15) is 0 Å². The third-order valence-corrected chi connectivity index (χ3v) is 5.39. The Morgan fingerprint density at radius 3 is 2.96 bits per heavy atom. The number of ether oxygens (including phenoxy) is 1. The number of benzene rings is 1. The average Bonchev–Trinajstić information content (AvgIpc) is 3.28. The van der Waals surface area contributed by atoms with Gasteiger partial charge in [-0.1, -0.05) is 25.1 Å². The van der Waals surface area contributed by atoms with Gasteiger partial charge in [0.15, 0.2) is 5.96 Å². The van der Waals surface area contributed by atoms with E-state index in [9.17, 15) is 0 Å². The Kier molecular flexibility index (Phi) is 8.02. The fourth-order valence-electron chi connectivity index (χ4n) is 2.86. The van der Waals surface area contributed by atoms with Gasteiger partial charge in [0.25, 0.3) is 0 Å². The van der Waals surface area contributed by atoms with Crippen molar-refractivity contribution < 1.29 is 4.74 Å². The first-order chi connectivity index (χ1) is 11.8. The van der Waals surface area contributed by atoms with Gasteiger partial charge in [-0.15, -0.1) is 35.3 Å². The molecule has 3 rings (SSSR count). The average molecular weight is 471 g/mol. The van der Waals surface area contributed by atoms with Gasteiger partial charge in [0.05, 0.1) is 6.61 Å². The molecule has 2 N–H and O–H groups in total. The molecule has 0 spiro atoms. The van der Waals surface area contributed by atoms with Crippen molar-refractivity contribution in [2.45, 2.75) is 25.7 Å². The molecule has 0 saturated carbocycles. The van der Waals surface area contributed by atoms with Crippen molar-refractivity contribution in [2.24, 2.45) is 4.99 Å². The van der Waals surface area contributed by atoms with Crippen LogP contribution in [0, 0.1) is 0 Å². The maximum Gasteiger partial charge on any atom is 0.191 e. The van der Waals surface area contributed by atoms with Crippen molar-refractivity contribution in [1.29, 1.82) is 0 Å². The van der Waals surface area contributed by atoms with E-state index in [1.165, 1.54) is 16.0 Å². The summed E-state index contributed by atoms with van der Waals surface area (Å²) in [6.07, 6.45) is 2.01. The van der Waals surface area contributed by atoms with E-state index in [1.807, 2.05) is 7.05 Å². The molecule has 1 unspecified atom stereocenters. The fourth-order valence-corrected chi connectivity index (χ4v) is 3.65. The molecule has 6 heteroatoms. The summed E-state index contributed by atoms with van der Waals surface area (Å²) in [5, 5.41) is 8.93. The minimum Gasteiger partial charge on any atom is -0.493 e. The second kappa shape index (κ2) is 10.0. The van der Waals surface area contributed by atoms with Gasteiger partial charge in [-0.3, -0.25) is 4.99 Å². The van der Waals surface area contributed by atoms with Crippen LogP contribution < -0.4 is 15.4 Å². The molecular weight excluding hydrogens is 445 g/mol. The van der Waals surface area contributed by atoms with E-state index in [0.29, 0.717) is 5.92 Å². The van der Waals surface area contributed by atoms with Crippen molar-refractivity contribution in [3.63, 3.8) is 0 Å². The number of thiophene rings is 1. The molecule has 2 heterocycles. The van der Waals surface area contributed by atoms with E-state index in [2.05, 4.69) is 58.3 Å². The Balaban J connectivity index is 0.00000225. The lowest BCUT2D eigenvalue weighted by Gasteiger charge is -2.15. The lowest BCUT2D eigenvalue weighted by molar-refractivity contribution is 0.357. The lowest BCUT2D eigenvalue weighted by atomic mass is 10.1. The minimum atomic E-state index is 0. The zero-order chi connectivity index (χ0) is 16.8. The monoisotopic (exact) mass is 471 g/mol. The van der Waals surface area contributed by atoms with E-state index in [1.54, 1.807) is 11.3 Å². The fraction of sp³-hybridized carbons (Fsp3) is 0.421. The van der Waals surface area contributed by atoms with Crippen LogP contribution in [0.1, 0.15) is 28.8 Å². The summed E-state index contributed by atoms with van der Waals surface area (Å²) < 4.78 is 5.55. The highest BCUT2D eigenvalue weighted by Crippen LogP contribution is 2.25.